The van der Waals surface area contributed by atoms with Crippen LogP contribution in [0.5, 0.6) is 0 Å². The molecule has 0 radical (unpaired) electrons. The molecular weight excluding hydrogens is 334 g/mol. The largest absolute Gasteiger partial charge is 0.301 e. The van der Waals surface area contributed by atoms with E-state index in [-0.39, 0.29) is 0 Å². The zero-order valence-electron chi connectivity index (χ0n) is 13.0. The van der Waals surface area contributed by atoms with Crippen LogP contribution in [0.15, 0.2) is 73.4 Å². The maximum absolute atomic E-state index is 6.05. The first-order valence-corrected chi connectivity index (χ1v) is 8.20. The average Bonchev–Trinajstić information content (AvgIpc) is 3.27. The molecule has 3 aromatic heterocycles. The Morgan fingerprint density at radius 2 is 1.64 bits per heavy atom. The molecule has 0 aliphatic heterocycles. The summed E-state index contributed by atoms with van der Waals surface area (Å²) >= 11 is 6.05. The second kappa shape index (κ2) is 5.43. The molecule has 0 saturated carbocycles. The highest BCUT2D eigenvalue weighted by atomic mass is 35.5. The number of aromatic nitrogens is 5. The van der Waals surface area contributed by atoms with Crippen molar-refractivity contribution in [2.75, 3.05) is 0 Å². The van der Waals surface area contributed by atoms with E-state index in [1.807, 2.05) is 42.5 Å². The van der Waals surface area contributed by atoms with Crippen LogP contribution in [0.4, 0.5) is 0 Å². The molecule has 5 rings (SSSR count). The van der Waals surface area contributed by atoms with Crippen molar-refractivity contribution in [2.24, 2.45) is 0 Å². The third-order valence-electron chi connectivity index (χ3n) is 4.25. The van der Waals surface area contributed by atoms with Gasteiger partial charge < -0.3 is 4.57 Å². The van der Waals surface area contributed by atoms with E-state index in [1.54, 1.807) is 17.2 Å². The van der Waals surface area contributed by atoms with Gasteiger partial charge in [-0.25, -0.2) is 14.5 Å². The Hall–Kier alpha value is -3.18. The normalized spacial score (nSPS) is 11.4. The van der Waals surface area contributed by atoms with Crippen LogP contribution < -0.4 is 0 Å². The smallest absolute Gasteiger partial charge is 0.168 e. The first-order valence-electron chi connectivity index (χ1n) is 7.82. The Kier molecular flexibility index (Phi) is 3.08. The Balaban J connectivity index is 1.90. The summed E-state index contributed by atoms with van der Waals surface area (Å²) in [6.45, 7) is 0. The van der Waals surface area contributed by atoms with Crippen molar-refractivity contribution < 1.29 is 0 Å². The Bertz CT molecular complexity index is 1190. The van der Waals surface area contributed by atoms with Crippen molar-refractivity contribution in [1.29, 1.82) is 0 Å². The number of rotatable bonds is 2. The average molecular weight is 346 g/mol. The lowest BCUT2D eigenvalue weighted by atomic mass is 10.1. The fourth-order valence-corrected chi connectivity index (χ4v) is 3.23. The predicted molar refractivity (Wildman–Crippen MR) is 98.1 cm³/mol. The Morgan fingerprint density at radius 3 is 2.44 bits per heavy atom. The third kappa shape index (κ3) is 2.21. The highest BCUT2D eigenvalue weighted by Gasteiger charge is 2.17. The minimum absolute atomic E-state index is 0.710. The fourth-order valence-electron chi connectivity index (χ4n) is 3.10. The number of fused-ring (bicyclic) bond motifs is 3. The van der Waals surface area contributed by atoms with Gasteiger partial charge in [-0.15, -0.1) is 0 Å². The molecule has 0 atom stereocenters. The van der Waals surface area contributed by atoms with E-state index < -0.39 is 0 Å². The number of nitrogens with zero attached hydrogens (tertiary/aromatic N) is 5. The fraction of sp³-hybridized carbons (Fsp3) is 0. The van der Waals surface area contributed by atoms with Crippen LogP contribution in [-0.2, 0) is 0 Å². The standard InChI is InChI=1S/C19H12ClN5/c20-14-8-6-13(7-9-14)16-10-24(15-4-2-1-3-5-15)18-17(16)19-21-11-23-25(19)12-22-18/h1-12H. The van der Waals surface area contributed by atoms with Crippen LogP contribution in [0.1, 0.15) is 0 Å². The number of hydrogen-bond acceptors (Lipinski definition) is 3. The Labute approximate surface area is 148 Å². The highest BCUT2D eigenvalue weighted by molar-refractivity contribution is 6.30. The summed E-state index contributed by atoms with van der Waals surface area (Å²) in [6, 6.07) is 17.9. The van der Waals surface area contributed by atoms with E-state index >= 15 is 0 Å². The molecule has 0 N–H and O–H groups in total. The highest BCUT2D eigenvalue weighted by Crippen LogP contribution is 2.34. The molecule has 0 saturated heterocycles. The maximum Gasteiger partial charge on any atom is 0.168 e. The van der Waals surface area contributed by atoms with E-state index in [0.717, 1.165) is 33.5 Å². The molecule has 0 aliphatic carbocycles. The predicted octanol–water partition coefficient (Wildman–Crippen LogP) is 4.39. The van der Waals surface area contributed by atoms with Crippen molar-refractivity contribution >= 4 is 28.3 Å². The van der Waals surface area contributed by atoms with Crippen LogP contribution in [0, 0.1) is 0 Å². The van der Waals surface area contributed by atoms with Crippen LogP contribution in [0.3, 0.4) is 0 Å². The van der Waals surface area contributed by atoms with E-state index in [1.165, 1.54) is 0 Å². The topological polar surface area (TPSA) is 48.0 Å². The number of para-hydroxylation sites is 1. The molecule has 25 heavy (non-hydrogen) atoms. The van der Waals surface area contributed by atoms with Gasteiger partial charge in [-0.3, -0.25) is 0 Å². The summed E-state index contributed by atoms with van der Waals surface area (Å²) in [5.74, 6) is 0. The van der Waals surface area contributed by atoms with Crippen molar-refractivity contribution in [3.8, 4) is 16.8 Å². The molecule has 5 nitrogen and oxygen atoms in total. The number of benzene rings is 2. The van der Waals surface area contributed by atoms with Gasteiger partial charge in [-0.2, -0.15) is 5.10 Å². The lowest BCUT2D eigenvalue weighted by molar-refractivity contribution is 0.926. The number of halogens is 1. The molecule has 3 heterocycles. The molecule has 0 unspecified atom stereocenters. The summed E-state index contributed by atoms with van der Waals surface area (Å²) < 4.78 is 3.77. The van der Waals surface area contributed by atoms with Gasteiger partial charge in [0.2, 0.25) is 0 Å². The van der Waals surface area contributed by atoms with Gasteiger partial charge in [0, 0.05) is 22.5 Å². The molecule has 0 amide bonds. The van der Waals surface area contributed by atoms with E-state index in [9.17, 15) is 0 Å². The summed E-state index contributed by atoms with van der Waals surface area (Å²) in [5, 5.41) is 5.89. The molecule has 0 spiro atoms. The van der Waals surface area contributed by atoms with Crippen molar-refractivity contribution in [3.05, 3.63) is 78.5 Å². The molecule has 0 fully saturated rings. The van der Waals surface area contributed by atoms with Crippen molar-refractivity contribution in [2.45, 2.75) is 0 Å². The van der Waals surface area contributed by atoms with Gasteiger partial charge in [-0.1, -0.05) is 41.9 Å². The van der Waals surface area contributed by atoms with Crippen LogP contribution >= 0.6 is 11.6 Å². The zero-order chi connectivity index (χ0) is 16.8. The molecule has 5 aromatic rings. The van der Waals surface area contributed by atoms with Gasteiger partial charge in [-0.05, 0) is 29.8 Å². The first-order chi connectivity index (χ1) is 12.3. The summed E-state index contributed by atoms with van der Waals surface area (Å²) in [4.78, 5) is 9.05. The molecule has 2 aromatic carbocycles. The molecule has 120 valence electrons. The summed E-state index contributed by atoms with van der Waals surface area (Å²) in [7, 11) is 0. The minimum atomic E-state index is 0.710. The van der Waals surface area contributed by atoms with Crippen LogP contribution in [0.25, 0.3) is 33.5 Å². The van der Waals surface area contributed by atoms with Gasteiger partial charge in [0.15, 0.2) is 11.3 Å². The maximum atomic E-state index is 6.05. The van der Waals surface area contributed by atoms with Crippen molar-refractivity contribution in [3.63, 3.8) is 0 Å². The van der Waals surface area contributed by atoms with E-state index in [2.05, 4.69) is 38.0 Å². The zero-order valence-corrected chi connectivity index (χ0v) is 13.8. The first kappa shape index (κ1) is 14.2. The second-order valence-corrected chi connectivity index (χ2v) is 6.16. The minimum Gasteiger partial charge on any atom is -0.301 e. The quantitative estimate of drug-likeness (QED) is 0.477. The Morgan fingerprint density at radius 1 is 0.840 bits per heavy atom. The summed E-state index contributed by atoms with van der Waals surface area (Å²) in [5.41, 5.74) is 4.77. The van der Waals surface area contributed by atoms with Crippen LogP contribution in [0.2, 0.25) is 5.02 Å². The van der Waals surface area contributed by atoms with E-state index in [4.69, 9.17) is 11.6 Å². The summed E-state index contributed by atoms with van der Waals surface area (Å²) in [6.07, 6.45) is 5.32. The van der Waals surface area contributed by atoms with Crippen LogP contribution in [-0.4, -0.2) is 24.1 Å². The second-order valence-electron chi connectivity index (χ2n) is 5.73. The molecular formula is C19H12ClN5. The van der Waals surface area contributed by atoms with Crippen molar-refractivity contribution in [1.82, 2.24) is 24.1 Å². The lowest BCUT2D eigenvalue weighted by Gasteiger charge is -2.03. The van der Waals surface area contributed by atoms with Gasteiger partial charge in [0.1, 0.15) is 12.7 Å². The molecule has 0 aliphatic rings. The molecule has 6 heteroatoms. The SMILES string of the molecule is Clc1ccc(-c2cn(-c3ccccc3)c3ncn4ncnc4c23)cc1. The van der Waals surface area contributed by atoms with Gasteiger partial charge in [0.05, 0.1) is 5.39 Å². The van der Waals surface area contributed by atoms with Gasteiger partial charge >= 0.3 is 0 Å². The third-order valence-corrected chi connectivity index (χ3v) is 4.51. The lowest BCUT2D eigenvalue weighted by Crippen LogP contribution is -1.96. The molecule has 0 bridgehead atoms. The monoisotopic (exact) mass is 345 g/mol. The van der Waals surface area contributed by atoms with E-state index in [0.29, 0.717) is 5.02 Å². The number of hydrogen-bond donors (Lipinski definition) is 0. The van der Waals surface area contributed by atoms with Gasteiger partial charge in [0.25, 0.3) is 0 Å².